The SMILES string of the molecule is Cc1ccc([S@](=O)C2=C3CCC[C@H]4OCC(=C[C@H]2c2ccccc2)[C@@H]34)cc1. The van der Waals surface area contributed by atoms with Gasteiger partial charge in [0.25, 0.3) is 0 Å². The number of rotatable bonds is 3. The van der Waals surface area contributed by atoms with Gasteiger partial charge < -0.3 is 4.74 Å². The lowest BCUT2D eigenvalue weighted by atomic mass is 9.73. The van der Waals surface area contributed by atoms with Gasteiger partial charge in [0.15, 0.2) is 0 Å². The zero-order valence-corrected chi connectivity index (χ0v) is 16.4. The summed E-state index contributed by atoms with van der Waals surface area (Å²) in [6.07, 6.45) is 5.90. The third kappa shape index (κ3) is 2.94. The van der Waals surface area contributed by atoms with Crippen molar-refractivity contribution in [2.24, 2.45) is 5.92 Å². The van der Waals surface area contributed by atoms with Gasteiger partial charge in [-0.3, -0.25) is 0 Å². The van der Waals surface area contributed by atoms with Crippen LogP contribution in [-0.4, -0.2) is 16.9 Å². The van der Waals surface area contributed by atoms with Crippen LogP contribution in [0, 0.1) is 12.8 Å². The smallest absolute Gasteiger partial charge is 0.0817 e. The average molecular weight is 377 g/mol. The lowest BCUT2D eigenvalue weighted by Gasteiger charge is -2.35. The molecule has 1 heterocycles. The van der Waals surface area contributed by atoms with Gasteiger partial charge in [-0.05, 0) is 55.0 Å². The van der Waals surface area contributed by atoms with Crippen LogP contribution in [0.1, 0.15) is 36.3 Å². The van der Waals surface area contributed by atoms with Crippen LogP contribution in [0.2, 0.25) is 0 Å². The summed E-state index contributed by atoms with van der Waals surface area (Å²) < 4.78 is 19.9. The van der Waals surface area contributed by atoms with Crippen molar-refractivity contribution in [1.82, 2.24) is 0 Å². The van der Waals surface area contributed by atoms with Crippen LogP contribution in [0.5, 0.6) is 0 Å². The van der Waals surface area contributed by atoms with E-state index in [0.717, 1.165) is 35.7 Å². The first-order chi connectivity index (χ1) is 13.2. The van der Waals surface area contributed by atoms with E-state index in [1.807, 2.05) is 18.2 Å². The van der Waals surface area contributed by atoms with Crippen molar-refractivity contribution in [3.05, 3.63) is 87.9 Å². The molecule has 0 unspecified atom stereocenters. The summed E-state index contributed by atoms with van der Waals surface area (Å²) in [7, 11) is -1.15. The fourth-order valence-corrected chi connectivity index (χ4v) is 6.36. The van der Waals surface area contributed by atoms with E-state index >= 15 is 0 Å². The first-order valence-corrected chi connectivity index (χ1v) is 11.0. The molecule has 1 saturated heterocycles. The van der Waals surface area contributed by atoms with Gasteiger partial charge in [-0.1, -0.05) is 54.1 Å². The van der Waals surface area contributed by atoms with Crippen molar-refractivity contribution in [3.63, 3.8) is 0 Å². The van der Waals surface area contributed by atoms with Crippen LogP contribution in [-0.2, 0) is 15.5 Å². The highest BCUT2D eigenvalue weighted by atomic mass is 32.2. The fourth-order valence-electron chi connectivity index (χ4n) is 4.82. The summed E-state index contributed by atoms with van der Waals surface area (Å²) in [5.74, 6) is 0.429. The highest BCUT2D eigenvalue weighted by Gasteiger charge is 2.44. The first-order valence-electron chi connectivity index (χ1n) is 9.81. The largest absolute Gasteiger partial charge is 0.373 e. The molecule has 138 valence electrons. The topological polar surface area (TPSA) is 26.3 Å². The number of aryl methyl sites for hydroxylation is 1. The Bertz CT molecular complexity index is 940. The van der Waals surface area contributed by atoms with Crippen LogP contribution in [0.4, 0.5) is 0 Å². The van der Waals surface area contributed by atoms with E-state index < -0.39 is 10.8 Å². The summed E-state index contributed by atoms with van der Waals surface area (Å²) >= 11 is 0. The van der Waals surface area contributed by atoms with Gasteiger partial charge in [0.1, 0.15) is 0 Å². The Hall–Kier alpha value is -1.97. The summed E-state index contributed by atoms with van der Waals surface area (Å²) in [5.41, 5.74) is 5.20. The van der Waals surface area contributed by atoms with E-state index in [4.69, 9.17) is 4.74 Å². The van der Waals surface area contributed by atoms with Gasteiger partial charge in [0, 0.05) is 21.6 Å². The third-order valence-corrected chi connectivity index (χ3v) is 7.73. The number of hydrogen-bond acceptors (Lipinski definition) is 2. The third-order valence-electron chi connectivity index (χ3n) is 6.12. The second-order valence-corrected chi connectivity index (χ2v) is 9.27. The van der Waals surface area contributed by atoms with Crippen molar-refractivity contribution in [1.29, 1.82) is 0 Å². The molecule has 2 nitrogen and oxygen atoms in total. The minimum absolute atomic E-state index is 0.0787. The molecule has 27 heavy (non-hydrogen) atoms. The zero-order chi connectivity index (χ0) is 18.4. The Balaban J connectivity index is 1.66. The minimum atomic E-state index is -1.15. The monoisotopic (exact) mass is 376 g/mol. The van der Waals surface area contributed by atoms with Crippen molar-refractivity contribution >= 4 is 10.8 Å². The molecule has 0 aromatic heterocycles. The quantitative estimate of drug-likeness (QED) is 0.681. The molecule has 0 bridgehead atoms. The number of benzene rings is 2. The fraction of sp³-hybridized carbons (Fsp3) is 0.333. The maximum Gasteiger partial charge on any atom is 0.0817 e. The van der Waals surface area contributed by atoms with Gasteiger partial charge in [-0.15, -0.1) is 0 Å². The minimum Gasteiger partial charge on any atom is -0.373 e. The van der Waals surface area contributed by atoms with E-state index in [1.54, 1.807) is 0 Å². The highest BCUT2D eigenvalue weighted by Crippen LogP contribution is 2.51. The maximum absolute atomic E-state index is 13.8. The second-order valence-electron chi connectivity index (χ2n) is 7.82. The first kappa shape index (κ1) is 17.2. The predicted molar refractivity (Wildman–Crippen MR) is 109 cm³/mol. The van der Waals surface area contributed by atoms with Crippen LogP contribution in [0.15, 0.2) is 81.6 Å². The number of ether oxygens (including phenoxy) is 1. The van der Waals surface area contributed by atoms with Crippen LogP contribution >= 0.6 is 0 Å². The van der Waals surface area contributed by atoms with E-state index in [-0.39, 0.29) is 12.0 Å². The molecule has 5 rings (SSSR count). The highest BCUT2D eigenvalue weighted by molar-refractivity contribution is 7.89. The molecule has 3 heteroatoms. The summed E-state index contributed by atoms with van der Waals surface area (Å²) in [4.78, 5) is 2.01. The van der Waals surface area contributed by atoms with Crippen LogP contribution in [0.25, 0.3) is 0 Å². The van der Waals surface area contributed by atoms with Gasteiger partial charge in [-0.2, -0.15) is 0 Å². The Morgan fingerprint density at radius 2 is 1.81 bits per heavy atom. The molecule has 0 radical (unpaired) electrons. The van der Waals surface area contributed by atoms with Crippen molar-refractivity contribution in [2.75, 3.05) is 6.61 Å². The van der Waals surface area contributed by atoms with E-state index in [1.165, 1.54) is 22.3 Å². The van der Waals surface area contributed by atoms with Gasteiger partial charge in [0.05, 0.1) is 23.5 Å². The Morgan fingerprint density at radius 3 is 2.59 bits per heavy atom. The molecule has 2 aromatic rings. The predicted octanol–water partition coefficient (Wildman–Crippen LogP) is 5.28. The zero-order valence-electron chi connectivity index (χ0n) is 15.6. The lowest BCUT2D eigenvalue weighted by Crippen LogP contribution is -2.29. The molecule has 1 saturated carbocycles. The molecular formula is C24H24O2S. The van der Waals surface area contributed by atoms with Crippen molar-refractivity contribution in [3.8, 4) is 0 Å². The molecule has 4 atom stereocenters. The lowest BCUT2D eigenvalue weighted by molar-refractivity contribution is 0.0803. The average Bonchev–Trinajstić information content (AvgIpc) is 3.13. The Morgan fingerprint density at radius 1 is 1.04 bits per heavy atom. The standard InChI is InChI=1S/C24H24O2S/c1-16-10-12-19(13-11-16)27(25)24-20-8-5-9-22-23(20)18(15-26-22)14-21(24)17-6-3-2-4-7-17/h2-4,6-7,10-14,21-23H,5,8-9,15H2,1H3/t21-,22+,23-,27-/m0/s1. The molecule has 3 aliphatic rings. The Labute approximate surface area is 163 Å². The number of hydrogen-bond donors (Lipinski definition) is 0. The van der Waals surface area contributed by atoms with Gasteiger partial charge in [-0.25, -0.2) is 4.21 Å². The van der Waals surface area contributed by atoms with E-state index in [9.17, 15) is 4.21 Å². The number of allylic oxidation sites excluding steroid dienone is 2. The molecule has 0 spiro atoms. The van der Waals surface area contributed by atoms with Crippen LogP contribution in [0.3, 0.4) is 0 Å². The maximum atomic E-state index is 13.8. The normalized spacial score (nSPS) is 27.9. The molecule has 2 aliphatic carbocycles. The van der Waals surface area contributed by atoms with Gasteiger partial charge in [0.2, 0.25) is 0 Å². The summed E-state index contributed by atoms with van der Waals surface area (Å²) in [6, 6.07) is 18.7. The van der Waals surface area contributed by atoms with E-state index in [2.05, 4.69) is 49.4 Å². The molecule has 2 fully saturated rings. The molecular weight excluding hydrogens is 352 g/mol. The molecule has 0 amide bonds. The Kier molecular flexibility index (Phi) is 4.37. The van der Waals surface area contributed by atoms with E-state index in [0.29, 0.717) is 5.92 Å². The molecule has 2 aromatic carbocycles. The second kappa shape index (κ2) is 6.88. The van der Waals surface area contributed by atoms with Crippen molar-refractivity contribution < 1.29 is 8.95 Å². The summed E-state index contributed by atoms with van der Waals surface area (Å²) in [5, 5.41) is 0. The van der Waals surface area contributed by atoms with Gasteiger partial charge >= 0.3 is 0 Å². The van der Waals surface area contributed by atoms with Crippen molar-refractivity contribution in [2.45, 2.75) is 43.1 Å². The summed E-state index contributed by atoms with van der Waals surface area (Å²) in [6.45, 7) is 2.80. The van der Waals surface area contributed by atoms with Crippen LogP contribution < -0.4 is 0 Å². The molecule has 0 N–H and O–H groups in total. The molecule has 1 aliphatic heterocycles.